The van der Waals surface area contributed by atoms with Crippen LogP contribution in [0.5, 0.6) is 0 Å². The lowest BCUT2D eigenvalue weighted by molar-refractivity contribution is -0.225. The van der Waals surface area contributed by atoms with Gasteiger partial charge in [0, 0.05) is 42.4 Å². The van der Waals surface area contributed by atoms with Crippen molar-refractivity contribution in [3.05, 3.63) is 36.5 Å². The van der Waals surface area contributed by atoms with Gasteiger partial charge in [-0.1, -0.05) is 40.5 Å². The maximum absolute atomic E-state index is 12.5. The minimum absolute atomic E-state index is 0.0185. The molecule has 6 atom stereocenters. The van der Waals surface area contributed by atoms with Gasteiger partial charge in [-0.05, 0) is 295 Å². The molecular weight excluding hydrogens is 1250 g/mol. The lowest BCUT2D eigenvalue weighted by Crippen LogP contribution is -2.61. The van der Waals surface area contributed by atoms with Gasteiger partial charge in [0.2, 0.25) is 12.2 Å². The van der Waals surface area contributed by atoms with Crippen molar-refractivity contribution < 1.29 is 86.5 Å². The molecule has 0 spiro atoms. The van der Waals surface area contributed by atoms with Gasteiger partial charge < -0.3 is 48.1 Å². The van der Waals surface area contributed by atoms with Crippen molar-refractivity contribution in [1.29, 1.82) is 0 Å². The third-order valence-corrected chi connectivity index (χ3v) is 26.3. The molecule has 18 rings (SSSR count). The molecule has 0 aromatic heterocycles. The predicted molar refractivity (Wildman–Crippen MR) is 368 cm³/mol. The van der Waals surface area contributed by atoms with E-state index in [4.69, 9.17) is 33.2 Å². The van der Waals surface area contributed by atoms with Gasteiger partial charge in [-0.25, -0.2) is 24.0 Å². The smallest absolute Gasteiger partial charge is 0.347 e. The van der Waals surface area contributed by atoms with Gasteiger partial charge in [0.1, 0.15) is 22.4 Å². The molecule has 0 aromatic rings. The number of carbonyl (C=O) groups excluding carboxylic acids is 8. The van der Waals surface area contributed by atoms with Crippen molar-refractivity contribution in [2.45, 2.75) is 316 Å². The second-order valence-electron chi connectivity index (χ2n) is 36.0. The Kier molecular flexibility index (Phi) is 23.1. The topological polar surface area (TPSA) is 251 Å². The van der Waals surface area contributed by atoms with E-state index in [1.165, 1.54) is 84.0 Å². The summed E-state index contributed by atoms with van der Waals surface area (Å²) in [5, 5.41) is 21.2. The SMILES string of the molecule is C=C(C)C(=O)OC1(C)C2CC3CC(C2)CC1C3.C=C(C)C(=O)OC12CC3CC(CC(O)(C3)C1)C2.C=C(C)C(=O)OC1CCOC1=O.CCC(C)(C)C(=O)OC1(C)C2CC3CC(C2)CC1C3.CCC(C)(C)C(=O)OC12CC3CC(CC(O)(C3)C1)C2.CCC(C)(C)C(=O)OC1CCOC1=O. The Balaban J connectivity index is 0.000000139. The molecule has 16 saturated carbocycles. The van der Waals surface area contributed by atoms with Gasteiger partial charge in [0.05, 0.1) is 40.7 Å². The largest absolute Gasteiger partial charge is 0.463 e. The summed E-state index contributed by atoms with van der Waals surface area (Å²) in [6, 6.07) is 0. The van der Waals surface area contributed by atoms with Gasteiger partial charge >= 0.3 is 47.8 Å². The molecule has 0 amide bonds. The highest BCUT2D eigenvalue weighted by molar-refractivity contribution is 5.90. The summed E-state index contributed by atoms with van der Waals surface area (Å²) in [6.45, 7) is 38.3. The van der Waals surface area contributed by atoms with Crippen molar-refractivity contribution in [2.75, 3.05) is 13.2 Å². The highest BCUT2D eigenvalue weighted by Gasteiger charge is 2.63. The van der Waals surface area contributed by atoms with Crippen LogP contribution in [0.25, 0.3) is 0 Å². The molecule has 98 heavy (non-hydrogen) atoms. The summed E-state index contributed by atoms with van der Waals surface area (Å²) in [5.41, 5.74) is -2.26. The number of aliphatic hydroxyl groups is 2. The molecule has 0 radical (unpaired) electrons. The summed E-state index contributed by atoms with van der Waals surface area (Å²) >= 11 is 0. The van der Waals surface area contributed by atoms with E-state index < -0.39 is 57.7 Å². The Bertz CT molecular complexity index is 2950. The molecule has 550 valence electrons. The van der Waals surface area contributed by atoms with Crippen LogP contribution in [0, 0.1) is 87.3 Å². The molecule has 6 unspecified atom stereocenters. The normalized spacial score (nSPS) is 39.3. The van der Waals surface area contributed by atoms with Crippen LogP contribution in [0.15, 0.2) is 36.5 Å². The quantitative estimate of drug-likeness (QED) is 0.0878. The van der Waals surface area contributed by atoms with E-state index >= 15 is 0 Å². The van der Waals surface area contributed by atoms with Crippen molar-refractivity contribution in [2.24, 2.45) is 87.3 Å². The molecule has 18 nitrogen and oxygen atoms in total. The molecule has 2 heterocycles. The first kappa shape index (κ1) is 77.1. The third kappa shape index (κ3) is 17.3. The first-order valence-electron chi connectivity index (χ1n) is 37.7. The highest BCUT2D eigenvalue weighted by atomic mass is 16.6. The van der Waals surface area contributed by atoms with Crippen LogP contribution in [0.3, 0.4) is 0 Å². The standard InChI is InChI=1S/C17H28O2.C16H26O3.C15H22O2.C14H20O3.C10H16O4.C8H10O4/c1-5-16(2,3)15(18)19-17(4)13-7-11-6-12(9-13)10-14(17)8-11;1-4-14(2,3)13(17)19-16-8-11-5-12(9-16)7-15(18,6-11)10-16;1-9(2)14(16)17-15(3)12-5-10-4-11(7-12)8-13(15)6-10;1-9(2)12(15)17-14-6-10-3-11(7-14)5-13(16,4-10)8-14;1-4-10(2,3)9(12)14-7-5-6-13-8(7)11;1-5(2)7(9)12-6-3-4-11-8(6)10/h11-14H,5-10H2,1-4H3;11-12,18H,4-10H2,1-3H3;10-13H,1,4-8H2,2-3H3;10-11,16H,1,3-8H2,2H3;7H,4-6H2,1-3H3;6H,1,3-4H2,2H3. The number of hydrogen-bond donors (Lipinski definition) is 2. The van der Waals surface area contributed by atoms with Gasteiger partial charge in [0.25, 0.3) is 0 Å². The zero-order chi connectivity index (χ0) is 72.1. The zero-order valence-electron chi connectivity index (χ0n) is 62.1. The number of ether oxygens (including phenoxy) is 8. The van der Waals surface area contributed by atoms with E-state index in [2.05, 4.69) is 45.2 Å². The summed E-state index contributed by atoms with van der Waals surface area (Å²) in [7, 11) is 0. The number of cyclic esters (lactones) is 2. The summed E-state index contributed by atoms with van der Waals surface area (Å²) < 4.78 is 42.8. The number of rotatable bonds is 15. The minimum atomic E-state index is -0.728. The predicted octanol–water partition coefficient (Wildman–Crippen LogP) is 14.4. The van der Waals surface area contributed by atoms with Crippen molar-refractivity contribution in [1.82, 2.24) is 0 Å². The number of hydrogen-bond acceptors (Lipinski definition) is 18. The van der Waals surface area contributed by atoms with Crippen molar-refractivity contribution >= 4 is 47.8 Å². The average molecular weight is 1370 g/mol. The highest BCUT2D eigenvalue weighted by Crippen LogP contribution is 2.63. The second-order valence-corrected chi connectivity index (χ2v) is 36.0. The van der Waals surface area contributed by atoms with Crippen LogP contribution in [0.2, 0.25) is 0 Å². The Morgan fingerprint density at radius 1 is 0.418 bits per heavy atom. The van der Waals surface area contributed by atoms with Gasteiger partial charge in [0.15, 0.2) is 0 Å². The Morgan fingerprint density at radius 2 is 0.714 bits per heavy atom. The maximum atomic E-state index is 12.5. The molecule has 2 saturated heterocycles. The average Bonchev–Trinajstić information content (AvgIpc) is 0.922. The lowest BCUT2D eigenvalue weighted by Gasteiger charge is -2.59. The molecular formula is C80H122O18. The fourth-order valence-electron chi connectivity index (χ4n) is 20.4. The molecule has 0 aromatic carbocycles. The van der Waals surface area contributed by atoms with Crippen LogP contribution >= 0.6 is 0 Å². The van der Waals surface area contributed by atoms with Crippen LogP contribution in [-0.2, 0) is 76.3 Å². The molecule has 16 aliphatic carbocycles. The second kappa shape index (κ2) is 29.3. The van der Waals surface area contributed by atoms with Gasteiger partial charge in [-0.3, -0.25) is 14.4 Å². The monoisotopic (exact) mass is 1370 g/mol. The lowest BCUT2D eigenvalue weighted by atomic mass is 9.50. The Labute approximate surface area is 584 Å². The first-order valence-corrected chi connectivity index (χ1v) is 37.7. The molecule has 18 heteroatoms. The number of esters is 8. The van der Waals surface area contributed by atoms with Gasteiger partial charge in [-0.15, -0.1) is 0 Å². The van der Waals surface area contributed by atoms with Gasteiger partial charge in [-0.2, -0.15) is 0 Å². The Hall–Kier alpha value is -5.10. The maximum Gasteiger partial charge on any atom is 0.347 e. The van der Waals surface area contributed by atoms with Crippen LogP contribution in [-0.4, -0.2) is 117 Å². The van der Waals surface area contributed by atoms with Crippen molar-refractivity contribution in [3.63, 3.8) is 0 Å². The summed E-state index contributed by atoms with van der Waals surface area (Å²) in [6.07, 6.45) is 26.1. The van der Waals surface area contributed by atoms with Crippen molar-refractivity contribution in [3.8, 4) is 0 Å². The zero-order valence-corrected chi connectivity index (χ0v) is 62.1. The van der Waals surface area contributed by atoms with Crippen LogP contribution < -0.4 is 0 Å². The van der Waals surface area contributed by atoms with E-state index in [9.17, 15) is 48.6 Å². The van der Waals surface area contributed by atoms with Crippen LogP contribution in [0.4, 0.5) is 0 Å². The first-order chi connectivity index (χ1) is 45.6. The minimum Gasteiger partial charge on any atom is -0.463 e. The number of carbonyl (C=O) groups is 8. The summed E-state index contributed by atoms with van der Waals surface area (Å²) in [5.74, 6) is 6.00. The molecule has 18 aliphatic rings. The third-order valence-electron chi connectivity index (χ3n) is 26.3. The fourth-order valence-corrected chi connectivity index (χ4v) is 20.4. The summed E-state index contributed by atoms with van der Waals surface area (Å²) in [4.78, 5) is 92.7. The molecule has 16 bridgehead atoms. The van der Waals surface area contributed by atoms with E-state index in [0.29, 0.717) is 104 Å². The molecule has 2 N–H and O–H groups in total. The molecule has 2 aliphatic heterocycles. The van der Waals surface area contributed by atoms with E-state index in [-0.39, 0.29) is 57.6 Å². The Morgan fingerprint density at radius 3 is 1.03 bits per heavy atom. The fraction of sp³-hybridized carbons (Fsp3) is 0.825. The van der Waals surface area contributed by atoms with Crippen LogP contribution in [0.1, 0.15) is 270 Å². The van der Waals surface area contributed by atoms with E-state index in [1.807, 2.05) is 41.5 Å². The van der Waals surface area contributed by atoms with E-state index in [1.54, 1.807) is 27.7 Å². The van der Waals surface area contributed by atoms with E-state index in [0.717, 1.165) is 87.9 Å². The molecule has 18 fully saturated rings.